The van der Waals surface area contributed by atoms with E-state index in [1.165, 1.54) is 14.2 Å². The highest BCUT2D eigenvalue weighted by Crippen LogP contribution is 2.34. The molecule has 0 saturated carbocycles. The van der Waals surface area contributed by atoms with E-state index in [1.807, 2.05) is 0 Å². The van der Waals surface area contributed by atoms with Crippen LogP contribution in [0, 0.1) is 6.92 Å². The number of hydrogen-bond acceptors (Lipinski definition) is 6. The molecule has 0 bridgehead atoms. The summed E-state index contributed by atoms with van der Waals surface area (Å²) in [4.78, 5) is 24.1. The highest BCUT2D eigenvalue weighted by molar-refractivity contribution is 7.80. The number of carbonyl (C=O) groups excluding carboxylic acids is 2. The molecule has 128 valence electrons. The van der Waals surface area contributed by atoms with Crippen molar-refractivity contribution in [1.29, 1.82) is 0 Å². The van der Waals surface area contributed by atoms with Crippen molar-refractivity contribution >= 4 is 45.6 Å². The molecule has 0 radical (unpaired) electrons. The molecule has 0 fully saturated rings. The number of hydrogen-bond donors (Lipinski definition) is 2. The van der Waals surface area contributed by atoms with E-state index in [4.69, 9.17) is 21.7 Å². The fourth-order valence-corrected chi connectivity index (χ4v) is 3.35. The smallest absolute Gasteiger partial charge is 0.348 e. The molecule has 0 unspecified atom stereocenters. The number of thiophene rings is 1. The molecule has 0 atom stereocenters. The van der Waals surface area contributed by atoms with E-state index in [1.54, 1.807) is 6.92 Å². The van der Waals surface area contributed by atoms with Crippen molar-refractivity contribution in [3.63, 3.8) is 0 Å². The van der Waals surface area contributed by atoms with Crippen LogP contribution in [0.15, 0.2) is 0 Å². The Bertz CT molecular complexity index is 584. The van der Waals surface area contributed by atoms with Gasteiger partial charge in [0.25, 0.3) is 0 Å². The van der Waals surface area contributed by atoms with Crippen molar-refractivity contribution < 1.29 is 19.1 Å². The zero-order valence-corrected chi connectivity index (χ0v) is 15.4. The Labute approximate surface area is 145 Å². The van der Waals surface area contributed by atoms with E-state index in [0.717, 1.165) is 37.1 Å². The van der Waals surface area contributed by atoms with Gasteiger partial charge in [-0.3, -0.25) is 0 Å². The third-order valence-electron chi connectivity index (χ3n) is 3.20. The first-order valence-corrected chi connectivity index (χ1v) is 8.53. The Balaban J connectivity index is 2.93. The minimum Gasteiger partial charge on any atom is -0.465 e. The molecule has 6 nitrogen and oxygen atoms in total. The van der Waals surface area contributed by atoms with E-state index in [-0.39, 0.29) is 0 Å². The Morgan fingerprint density at radius 2 is 1.83 bits per heavy atom. The van der Waals surface area contributed by atoms with Crippen LogP contribution in [0.4, 0.5) is 5.00 Å². The molecule has 0 aliphatic rings. The maximum atomic E-state index is 12.0. The van der Waals surface area contributed by atoms with Crippen LogP contribution < -0.4 is 10.6 Å². The maximum Gasteiger partial charge on any atom is 0.348 e. The fourth-order valence-electron chi connectivity index (χ4n) is 1.96. The van der Waals surface area contributed by atoms with E-state index in [9.17, 15) is 9.59 Å². The summed E-state index contributed by atoms with van der Waals surface area (Å²) in [7, 11) is 2.59. The molecule has 8 heteroatoms. The molecule has 0 aliphatic carbocycles. The summed E-state index contributed by atoms with van der Waals surface area (Å²) in [6.45, 7) is 4.56. The molecule has 1 aromatic rings. The number of methoxy groups -OCH3 is 2. The Morgan fingerprint density at radius 3 is 2.39 bits per heavy atom. The monoisotopic (exact) mass is 358 g/mol. The highest BCUT2D eigenvalue weighted by Gasteiger charge is 2.26. The lowest BCUT2D eigenvalue weighted by Gasteiger charge is -2.10. The second-order valence-corrected chi connectivity index (χ2v) is 6.26. The average molecular weight is 358 g/mol. The first kappa shape index (κ1) is 19.4. The van der Waals surface area contributed by atoms with Crippen LogP contribution in [0.1, 0.15) is 51.8 Å². The second kappa shape index (κ2) is 9.46. The van der Waals surface area contributed by atoms with E-state index >= 15 is 0 Å². The molecule has 2 N–H and O–H groups in total. The Kier molecular flexibility index (Phi) is 7.97. The molecule has 0 aliphatic heterocycles. The second-order valence-electron chi connectivity index (χ2n) is 4.83. The van der Waals surface area contributed by atoms with E-state index in [0.29, 0.717) is 26.1 Å². The lowest BCUT2D eigenvalue weighted by molar-refractivity contribution is 0.0601. The molecular formula is C15H22N2O4S2. The molecule has 0 saturated heterocycles. The van der Waals surface area contributed by atoms with Gasteiger partial charge in [0.1, 0.15) is 9.88 Å². The number of carbonyl (C=O) groups is 2. The number of anilines is 1. The van der Waals surface area contributed by atoms with Gasteiger partial charge in [0, 0.05) is 6.54 Å². The van der Waals surface area contributed by atoms with Crippen molar-refractivity contribution in [3.05, 3.63) is 16.0 Å². The zero-order chi connectivity index (χ0) is 17.4. The number of rotatable bonds is 7. The van der Waals surface area contributed by atoms with Gasteiger partial charge in [-0.25, -0.2) is 9.59 Å². The number of unbranched alkanes of at least 4 members (excludes halogenated alkanes) is 2. The summed E-state index contributed by atoms with van der Waals surface area (Å²) in [6, 6.07) is 0. The van der Waals surface area contributed by atoms with Crippen molar-refractivity contribution in [2.45, 2.75) is 33.1 Å². The summed E-state index contributed by atoms with van der Waals surface area (Å²) in [5, 5.41) is 6.94. The Morgan fingerprint density at radius 1 is 1.17 bits per heavy atom. The summed E-state index contributed by atoms with van der Waals surface area (Å²) < 4.78 is 9.53. The van der Waals surface area contributed by atoms with Crippen LogP contribution >= 0.6 is 23.6 Å². The number of nitrogens with one attached hydrogen (secondary N) is 2. The third kappa shape index (κ3) is 5.18. The number of ether oxygens (including phenoxy) is 2. The van der Waals surface area contributed by atoms with Gasteiger partial charge in [0.05, 0.1) is 19.8 Å². The van der Waals surface area contributed by atoms with Gasteiger partial charge >= 0.3 is 11.9 Å². The van der Waals surface area contributed by atoms with E-state index in [2.05, 4.69) is 17.6 Å². The van der Waals surface area contributed by atoms with Crippen LogP contribution in [-0.4, -0.2) is 37.8 Å². The summed E-state index contributed by atoms with van der Waals surface area (Å²) >= 11 is 6.35. The zero-order valence-electron chi connectivity index (χ0n) is 13.8. The summed E-state index contributed by atoms with van der Waals surface area (Å²) in [5.41, 5.74) is 0.820. The molecule has 23 heavy (non-hydrogen) atoms. The molecule has 1 aromatic heterocycles. The van der Waals surface area contributed by atoms with Crippen molar-refractivity contribution in [2.24, 2.45) is 0 Å². The summed E-state index contributed by atoms with van der Waals surface area (Å²) in [5.74, 6) is -1.02. The molecule has 0 aromatic carbocycles. The topological polar surface area (TPSA) is 76.7 Å². The molecule has 0 amide bonds. The van der Waals surface area contributed by atoms with Crippen LogP contribution in [0.3, 0.4) is 0 Å². The average Bonchev–Trinajstić information content (AvgIpc) is 2.86. The van der Waals surface area contributed by atoms with Gasteiger partial charge in [0.2, 0.25) is 0 Å². The van der Waals surface area contributed by atoms with Gasteiger partial charge in [-0.2, -0.15) is 0 Å². The van der Waals surface area contributed by atoms with E-state index < -0.39 is 11.9 Å². The van der Waals surface area contributed by atoms with Crippen LogP contribution in [-0.2, 0) is 9.47 Å². The molecule has 0 spiro atoms. The highest BCUT2D eigenvalue weighted by atomic mass is 32.1. The third-order valence-corrected chi connectivity index (χ3v) is 4.63. The SMILES string of the molecule is CCCCCNC(=S)Nc1sc(C(=O)OC)c(C)c1C(=O)OC. The quantitative estimate of drug-likeness (QED) is 0.440. The lowest BCUT2D eigenvalue weighted by atomic mass is 10.1. The van der Waals surface area contributed by atoms with Crippen LogP contribution in [0.25, 0.3) is 0 Å². The first-order valence-electron chi connectivity index (χ1n) is 7.31. The Hall–Kier alpha value is -1.67. The molecule has 1 rings (SSSR count). The van der Waals surface area contributed by atoms with Crippen LogP contribution in [0.2, 0.25) is 0 Å². The fraction of sp³-hybridized carbons (Fsp3) is 0.533. The van der Waals surface area contributed by atoms with Gasteiger partial charge in [0.15, 0.2) is 5.11 Å². The minimum atomic E-state index is -0.523. The van der Waals surface area contributed by atoms with Crippen molar-refractivity contribution in [1.82, 2.24) is 5.32 Å². The van der Waals surface area contributed by atoms with Crippen molar-refractivity contribution in [2.75, 3.05) is 26.1 Å². The number of thiocarbonyl (C=S) groups is 1. The van der Waals surface area contributed by atoms with Gasteiger partial charge in [-0.05, 0) is 31.1 Å². The van der Waals surface area contributed by atoms with Gasteiger partial charge in [-0.15, -0.1) is 11.3 Å². The standard InChI is InChI=1S/C15H22N2O4S2/c1-5-6-7-8-16-15(22)17-12-10(13(18)20-3)9(2)11(23-12)14(19)21-4/h5-8H2,1-4H3,(H2,16,17,22). The minimum absolute atomic E-state index is 0.301. The predicted molar refractivity (Wildman–Crippen MR) is 95.5 cm³/mol. The molecule has 1 heterocycles. The van der Waals surface area contributed by atoms with Gasteiger partial charge in [-0.1, -0.05) is 19.8 Å². The normalized spacial score (nSPS) is 10.1. The van der Waals surface area contributed by atoms with Gasteiger partial charge < -0.3 is 20.1 Å². The predicted octanol–water partition coefficient (Wildman–Crippen LogP) is 3.11. The van der Waals surface area contributed by atoms with Crippen molar-refractivity contribution in [3.8, 4) is 0 Å². The molecular weight excluding hydrogens is 336 g/mol. The lowest BCUT2D eigenvalue weighted by Crippen LogP contribution is -2.29. The largest absolute Gasteiger partial charge is 0.465 e. The number of esters is 2. The maximum absolute atomic E-state index is 12.0. The first-order chi connectivity index (χ1) is 11.0. The van der Waals surface area contributed by atoms with Crippen LogP contribution in [0.5, 0.6) is 0 Å². The summed E-state index contributed by atoms with van der Waals surface area (Å²) in [6.07, 6.45) is 3.26.